The molecule has 4 aromatic rings. The first-order chi connectivity index (χ1) is 14.6. The summed E-state index contributed by atoms with van der Waals surface area (Å²) in [5, 5.41) is 7.53. The van der Waals surface area contributed by atoms with Gasteiger partial charge in [-0.15, -0.1) is 5.10 Å². The second-order valence-corrected chi connectivity index (χ2v) is 7.12. The smallest absolute Gasteiger partial charge is 0.246 e. The lowest BCUT2D eigenvalue weighted by atomic mass is 10.2. The van der Waals surface area contributed by atoms with Crippen LogP contribution < -0.4 is 10.1 Å². The summed E-state index contributed by atoms with van der Waals surface area (Å²) in [5.74, 6) is 1.00. The Hall–Kier alpha value is -3.65. The molecule has 0 saturated heterocycles. The molecular weight excluding hydrogens is 398 g/mol. The number of aromatic nitrogens is 4. The Bertz CT molecular complexity index is 1230. The Balaban J connectivity index is 1.68. The zero-order valence-corrected chi connectivity index (χ0v) is 17.5. The van der Waals surface area contributed by atoms with E-state index in [4.69, 9.17) is 17.0 Å². The molecule has 2 aromatic carbocycles. The van der Waals surface area contributed by atoms with Crippen LogP contribution >= 0.6 is 12.2 Å². The molecule has 0 atom stereocenters. The molecule has 1 N–H and O–H groups in total. The Morgan fingerprint density at radius 1 is 1.10 bits per heavy atom. The molecule has 0 saturated carbocycles. The highest BCUT2D eigenvalue weighted by Crippen LogP contribution is 2.25. The van der Waals surface area contributed by atoms with Crippen LogP contribution in [0.5, 0.6) is 5.75 Å². The highest BCUT2D eigenvalue weighted by Gasteiger charge is 2.16. The first kappa shape index (κ1) is 19.7. The van der Waals surface area contributed by atoms with Crippen LogP contribution in [-0.2, 0) is 11.3 Å². The molecule has 1 amide bonds. The number of nitrogens with one attached hydrogen (secondary N) is 1. The number of aryl methyl sites for hydroxylation is 1. The average molecular weight is 420 g/mol. The van der Waals surface area contributed by atoms with Crippen LogP contribution in [-0.4, -0.2) is 32.1 Å². The summed E-state index contributed by atoms with van der Waals surface area (Å²) < 4.78 is 10.9. The van der Waals surface area contributed by atoms with Crippen molar-refractivity contribution in [3.05, 3.63) is 83.4 Å². The van der Waals surface area contributed by atoms with E-state index in [1.807, 2.05) is 84.7 Å². The maximum Gasteiger partial charge on any atom is 0.246 e. The van der Waals surface area contributed by atoms with Crippen LogP contribution in [0.25, 0.3) is 11.4 Å². The third kappa shape index (κ3) is 3.90. The number of rotatable bonds is 6. The van der Waals surface area contributed by atoms with Crippen molar-refractivity contribution in [1.82, 2.24) is 19.1 Å². The Morgan fingerprint density at radius 2 is 1.83 bits per heavy atom. The van der Waals surface area contributed by atoms with Gasteiger partial charge in [0.25, 0.3) is 0 Å². The lowest BCUT2D eigenvalue weighted by Crippen LogP contribution is -2.20. The Morgan fingerprint density at radius 3 is 2.53 bits per heavy atom. The summed E-state index contributed by atoms with van der Waals surface area (Å²) in [4.78, 5) is 12.8. The first-order valence-corrected chi connectivity index (χ1v) is 9.81. The number of benzene rings is 2. The van der Waals surface area contributed by atoms with Crippen molar-refractivity contribution in [1.29, 1.82) is 0 Å². The molecular formula is C22H21N5O2S. The fourth-order valence-corrected chi connectivity index (χ4v) is 3.47. The van der Waals surface area contributed by atoms with Crippen LogP contribution in [0.2, 0.25) is 0 Å². The second kappa shape index (κ2) is 8.38. The van der Waals surface area contributed by atoms with Gasteiger partial charge in [0.05, 0.1) is 12.8 Å². The molecule has 0 unspecified atom stereocenters. The number of carbonyl (C=O) groups excluding carboxylic acids is 1. The highest BCUT2D eigenvalue weighted by molar-refractivity contribution is 7.71. The van der Waals surface area contributed by atoms with E-state index in [9.17, 15) is 4.79 Å². The zero-order valence-electron chi connectivity index (χ0n) is 16.6. The van der Waals surface area contributed by atoms with Crippen molar-refractivity contribution < 1.29 is 9.53 Å². The summed E-state index contributed by atoms with van der Waals surface area (Å²) in [7, 11) is 1.57. The standard InChI is InChI=1S/C22H21N5O2S/c1-16-10-11-19(29-2)18(14-16)23-20(28)15-26-22(30)27(25-12-6-7-13-25)21(24-26)17-8-4-3-5-9-17/h3-14H,15H2,1-2H3,(H,23,28). The normalized spacial score (nSPS) is 10.7. The number of amides is 1. The van der Waals surface area contributed by atoms with Gasteiger partial charge in [0.1, 0.15) is 12.3 Å². The largest absolute Gasteiger partial charge is 0.495 e. The van der Waals surface area contributed by atoms with Gasteiger partial charge >= 0.3 is 0 Å². The summed E-state index contributed by atoms with van der Waals surface area (Å²) in [6, 6.07) is 19.2. The summed E-state index contributed by atoms with van der Waals surface area (Å²) in [5.41, 5.74) is 2.53. The maximum absolute atomic E-state index is 12.8. The molecule has 0 bridgehead atoms. The number of ether oxygens (including phenoxy) is 1. The number of hydrogen-bond donors (Lipinski definition) is 1. The van der Waals surface area contributed by atoms with E-state index in [1.165, 1.54) is 4.68 Å². The monoisotopic (exact) mass is 419 g/mol. The van der Waals surface area contributed by atoms with E-state index in [1.54, 1.807) is 11.8 Å². The summed E-state index contributed by atoms with van der Waals surface area (Å²) in [6.45, 7) is 1.93. The molecule has 2 aromatic heterocycles. The number of carbonyl (C=O) groups is 1. The van der Waals surface area contributed by atoms with E-state index in [-0.39, 0.29) is 12.5 Å². The molecule has 152 valence electrons. The molecule has 2 heterocycles. The molecule has 30 heavy (non-hydrogen) atoms. The van der Waals surface area contributed by atoms with E-state index in [2.05, 4.69) is 10.4 Å². The fraction of sp³-hybridized carbons (Fsp3) is 0.136. The molecule has 0 radical (unpaired) electrons. The zero-order chi connectivity index (χ0) is 21.1. The third-order valence-corrected chi connectivity index (χ3v) is 4.98. The van der Waals surface area contributed by atoms with Crippen LogP contribution in [0.3, 0.4) is 0 Å². The van der Waals surface area contributed by atoms with Gasteiger partial charge in [-0.3, -0.25) is 9.47 Å². The van der Waals surface area contributed by atoms with Gasteiger partial charge in [-0.2, -0.15) is 0 Å². The van der Waals surface area contributed by atoms with Gasteiger partial charge in [0.2, 0.25) is 10.7 Å². The van der Waals surface area contributed by atoms with Gasteiger partial charge in [-0.05, 0) is 49.0 Å². The first-order valence-electron chi connectivity index (χ1n) is 9.40. The van der Waals surface area contributed by atoms with E-state index < -0.39 is 0 Å². The maximum atomic E-state index is 12.8. The third-order valence-electron chi connectivity index (χ3n) is 4.59. The van der Waals surface area contributed by atoms with Crippen molar-refractivity contribution in [2.45, 2.75) is 13.5 Å². The van der Waals surface area contributed by atoms with E-state index in [0.29, 0.717) is 22.0 Å². The SMILES string of the molecule is COc1ccc(C)cc1NC(=O)Cn1nc(-c2ccccc2)n(-n2cccc2)c1=S. The van der Waals surface area contributed by atoms with Crippen molar-refractivity contribution in [3.63, 3.8) is 0 Å². The minimum Gasteiger partial charge on any atom is -0.495 e. The average Bonchev–Trinajstić information content (AvgIpc) is 3.37. The van der Waals surface area contributed by atoms with Crippen molar-refractivity contribution in [2.75, 3.05) is 12.4 Å². The van der Waals surface area contributed by atoms with Gasteiger partial charge in [-0.25, -0.2) is 9.36 Å². The molecule has 0 aliphatic carbocycles. The minimum atomic E-state index is -0.244. The number of methoxy groups -OCH3 is 1. The Kier molecular flexibility index (Phi) is 5.49. The van der Waals surface area contributed by atoms with Crippen molar-refractivity contribution in [2.24, 2.45) is 0 Å². The number of anilines is 1. The molecule has 0 aliphatic rings. The van der Waals surface area contributed by atoms with Crippen LogP contribution in [0.1, 0.15) is 5.56 Å². The van der Waals surface area contributed by atoms with Crippen LogP contribution in [0.4, 0.5) is 5.69 Å². The van der Waals surface area contributed by atoms with Gasteiger partial charge in [0.15, 0.2) is 5.82 Å². The van der Waals surface area contributed by atoms with Crippen LogP contribution in [0, 0.1) is 11.7 Å². The minimum absolute atomic E-state index is 0.0238. The number of nitrogens with zero attached hydrogens (tertiary/aromatic N) is 4. The molecule has 7 nitrogen and oxygen atoms in total. The van der Waals surface area contributed by atoms with Crippen molar-refractivity contribution >= 4 is 23.8 Å². The highest BCUT2D eigenvalue weighted by atomic mass is 32.1. The molecule has 0 spiro atoms. The lowest BCUT2D eigenvalue weighted by Gasteiger charge is -2.11. The molecule has 0 aliphatic heterocycles. The quantitative estimate of drug-likeness (QED) is 0.477. The lowest BCUT2D eigenvalue weighted by molar-refractivity contribution is -0.116. The van der Waals surface area contributed by atoms with Crippen molar-refractivity contribution in [3.8, 4) is 17.1 Å². The summed E-state index contributed by atoms with van der Waals surface area (Å²) in [6.07, 6.45) is 3.76. The van der Waals surface area contributed by atoms with E-state index >= 15 is 0 Å². The van der Waals surface area contributed by atoms with E-state index in [0.717, 1.165) is 11.1 Å². The molecule has 4 rings (SSSR count). The summed E-state index contributed by atoms with van der Waals surface area (Å²) >= 11 is 5.65. The van der Waals surface area contributed by atoms with Crippen LogP contribution in [0.15, 0.2) is 73.1 Å². The predicted molar refractivity (Wildman–Crippen MR) is 118 cm³/mol. The number of hydrogen-bond acceptors (Lipinski definition) is 4. The van der Waals surface area contributed by atoms with Gasteiger partial charge < -0.3 is 10.1 Å². The predicted octanol–water partition coefficient (Wildman–Crippen LogP) is 4.15. The molecule has 0 fully saturated rings. The fourth-order valence-electron chi connectivity index (χ4n) is 3.18. The van der Waals surface area contributed by atoms with Gasteiger partial charge in [-0.1, -0.05) is 36.4 Å². The van der Waals surface area contributed by atoms with Gasteiger partial charge in [0, 0.05) is 18.0 Å². The topological polar surface area (TPSA) is 66.0 Å². The Labute approximate surface area is 179 Å². The molecule has 8 heteroatoms. The second-order valence-electron chi connectivity index (χ2n) is 6.76.